The van der Waals surface area contributed by atoms with Crippen LogP contribution in [0.3, 0.4) is 0 Å². The first-order valence-electron chi connectivity index (χ1n) is 12.5. The van der Waals surface area contributed by atoms with E-state index in [0.29, 0.717) is 17.9 Å². The van der Waals surface area contributed by atoms with Crippen LogP contribution in [0.5, 0.6) is 5.75 Å². The lowest BCUT2D eigenvalue weighted by atomic mass is 9.55. The van der Waals surface area contributed by atoms with Crippen LogP contribution in [0.1, 0.15) is 66.7 Å². The predicted molar refractivity (Wildman–Crippen MR) is 132 cm³/mol. The van der Waals surface area contributed by atoms with Crippen molar-refractivity contribution in [2.24, 2.45) is 11.8 Å². The molecule has 2 bridgehead atoms. The zero-order chi connectivity index (χ0) is 24.1. The molecule has 5 heteroatoms. The van der Waals surface area contributed by atoms with Gasteiger partial charge in [-0.3, -0.25) is 14.4 Å². The number of unbranched alkanes of at least 4 members (excludes halogenated alkanes) is 2. The monoisotopic (exact) mass is 465 g/mol. The first kappa shape index (κ1) is 21.8. The van der Waals surface area contributed by atoms with Crippen molar-refractivity contribution in [3.63, 3.8) is 0 Å². The molecular weight excluding hydrogens is 438 g/mol. The second-order valence-electron chi connectivity index (χ2n) is 9.71. The molecule has 3 aromatic rings. The van der Waals surface area contributed by atoms with Crippen molar-refractivity contribution in [2.45, 2.75) is 44.4 Å². The zero-order valence-corrected chi connectivity index (χ0v) is 19.6. The minimum Gasteiger partial charge on any atom is -0.426 e. The molecule has 1 saturated heterocycles. The maximum atomic E-state index is 13.9. The van der Waals surface area contributed by atoms with Crippen LogP contribution in [0.4, 0.5) is 5.69 Å². The van der Waals surface area contributed by atoms with Crippen LogP contribution in [-0.2, 0) is 14.4 Å². The molecule has 2 atom stereocenters. The summed E-state index contributed by atoms with van der Waals surface area (Å²) in [5, 5.41) is 0. The highest BCUT2D eigenvalue weighted by Crippen LogP contribution is 2.61. The molecule has 4 aliphatic rings. The molecule has 0 aromatic heterocycles. The Morgan fingerprint density at radius 1 is 0.771 bits per heavy atom. The van der Waals surface area contributed by atoms with E-state index in [1.807, 2.05) is 24.3 Å². The smallest absolute Gasteiger partial charge is 0.311 e. The van der Waals surface area contributed by atoms with Crippen molar-refractivity contribution in [1.82, 2.24) is 0 Å². The predicted octanol–water partition coefficient (Wildman–Crippen LogP) is 5.57. The number of anilines is 1. The molecule has 7 rings (SSSR count). The van der Waals surface area contributed by atoms with Gasteiger partial charge in [0.25, 0.3) is 0 Å². The average Bonchev–Trinajstić information content (AvgIpc) is 3.15. The summed E-state index contributed by atoms with van der Waals surface area (Å²) in [5.41, 5.74) is 5.05. The topological polar surface area (TPSA) is 63.7 Å². The first-order valence-corrected chi connectivity index (χ1v) is 12.5. The van der Waals surface area contributed by atoms with E-state index in [-0.39, 0.29) is 29.6 Å². The molecule has 176 valence electrons. The Morgan fingerprint density at radius 2 is 1.31 bits per heavy atom. The van der Waals surface area contributed by atoms with Gasteiger partial charge in [0.1, 0.15) is 5.75 Å². The Labute approximate surface area is 204 Å². The van der Waals surface area contributed by atoms with E-state index in [4.69, 9.17) is 4.74 Å². The first-order chi connectivity index (χ1) is 17.1. The Hall–Kier alpha value is -3.73. The quantitative estimate of drug-likeness (QED) is 0.207. The fourth-order valence-electron chi connectivity index (χ4n) is 6.32. The van der Waals surface area contributed by atoms with Crippen LogP contribution in [0.15, 0.2) is 72.8 Å². The molecule has 0 saturated carbocycles. The van der Waals surface area contributed by atoms with Gasteiger partial charge in [-0.05, 0) is 40.8 Å². The summed E-state index contributed by atoms with van der Waals surface area (Å²) in [6, 6.07) is 23.2. The summed E-state index contributed by atoms with van der Waals surface area (Å²) < 4.78 is 5.52. The Kier molecular flexibility index (Phi) is 5.28. The highest BCUT2D eigenvalue weighted by Gasteiger charge is 2.61. The van der Waals surface area contributed by atoms with Gasteiger partial charge >= 0.3 is 5.97 Å². The molecule has 1 heterocycles. The largest absolute Gasteiger partial charge is 0.426 e. The van der Waals surface area contributed by atoms with E-state index in [1.165, 1.54) is 4.90 Å². The number of carbonyl (C=O) groups excluding carboxylic acids is 3. The molecule has 35 heavy (non-hydrogen) atoms. The molecule has 1 fully saturated rings. The fourth-order valence-corrected chi connectivity index (χ4v) is 6.32. The van der Waals surface area contributed by atoms with Crippen LogP contribution < -0.4 is 9.64 Å². The average molecular weight is 466 g/mol. The second-order valence-corrected chi connectivity index (χ2v) is 9.71. The van der Waals surface area contributed by atoms with Gasteiger partial charge in [0.2, 0.25) is 11.8 Å². The number of amides is 2. The van der Waals surface area contributed by atoms with E-state index >= 15 is 0 Å². The van der Waals surface area contributed by atoms with Crippen LogP contribution in [0.25, 0.3) is 0 Å². The third-order valence-electron chi connectivity index (χ3n) is 7.74. The minimum atomic E-state index is -0.433. The van der Waals surface area contributed by atoms with Gasteiger partial charge < -0.3 is 4.74 Å². The number of carbonyl (C=O) groups is 3. The third-order valence-corrected chi connectivity index (χ3v) is 7.74. The van der Waals surface area contributed by atoms with Crippen molar-refractivity contribution in [3.8, 4) is 5.75 Å². The number of imide groups is 1. The van der Waals surface area contributed by atoms with Gasteiger partial charge in [-0.25, -0.2) is 4.90 Å². The lowest BCUT2D eigenvalue weighted by Crippen LogP contribution is -2.41. The molecule has 0 N–H and O–H groups in total. The zero-order valence-electron chi connectivity index (χ0n) is 19.6. The van der Waals surface area contributed by atoms with Crippen molar-refractivity contribution in [1.29, 1.82) is 0 Å². The molecule has 0 spiro atoms. The standard InChI is InChI=1S/C30H27NO4/c1-2-3-4-16-24(32)35-19-11-9-10-18(17-19)31-29(33)27-25-20-12-5-6-13-21(20)26(28(27)30(31)34)23-15-8-7-14-22(23)25/h5-15,17,25-28H,2-4,16H2,1H3/t25?,26?,27-,28-/m0/s1. The summed E-state index contributed by atoms with van der Waals surface area (Å²) in [6.45, 7) is 2.08. The fraction of sp³-hybridized carbons (Fsp3) is 0.300. The van der Waals surface area contributed by atoms with E-state index < -0.39 is 11.8 Å². The highest BCUT2D eigenvalue weighted by atomic mass is 16.5. The summed E-state index contributed by atoms with van der Waals surface area (Å²) in [7, 11) is 0. The van der Waals surface area contributed by atoms with Gasteiger partial charge in [-0.15, -0.1) is 0 Å². The minimum absolute atomic E-state index is 0.140. The lowest BCUT2D eigenvalue weighted by molar-refractivity contribution is -0.134. The van der Waals surface area contributed by atoms with Crippen molar-refractivity contribution in [3.05, 3.63) is 95.1 Å². The van der Waals surface area contributed by atoms with Crippen molar-refractivity contribution in [2.75, 3.05) is 4.90 Å². The maximum Gasteiger partial charge on any atom is 0.311 e. The summed E-state index contributed by atoms with van der Waals surface area (Å²) in [5.74, 6) is -1.44. The Balaban J connectivity index is 1.35. The van der Waals surface area contributed by atoms with Gasteiger partial charge in [-0.2, -0.15) is 0 Å². The maximum absolute atomic E-state index is 13.9. The number of esters is 1. The molecule has 1 aliphatic heterocycles. The van der Waals surface area contributed by atoms with Crippen LogP contribution in [0.2, 0.25) is 0 Å². The molecule has 2 amide bonds. The summed E-state index contributed by atoms with van der Waals surface area (Å²) in [6.07, 6.45) is 3.14. The molecular formula is C30H27NO4. The van der Waals surface area contributed by atoms with E-state index in [1.54, 1.807) is 24.3 Å². The summed E-state index contributed by atoms with van der Waals surface area (Å²) >= 11 is 0. The number of nitrogens with zero attached hydrogens (tertiary/aromatic N) is 1. The molecule has 0 unspecified atom stereocenters. The van der Waals surface area contributed by atoms with E-state index in [9.17, 15) is 14.4 Å². The number of benzene rings is 3. The number of rotatable bonds is 6. The Bertz CT molecular complexity index is 1230. The normalized spacial score (nSPS) is 23.6. The van der Waals surface area contributed by atoms with Crippen LogP contribution >= 0.6 is 0 Å². The van der Waals surface area contributed by atoms with Crippen LogP contribution in [0, 0.1) is 11.8 Å². The summed E-state index contributed by atoms with van der Waals surface area (Å²) in [4.78, 5) is 41.3. The highest BCUT2D eigenvalue weighted by molar-refractivity contribution is 6.23. The number of ether oxygens (including phenoxy) is 1. The van der Waals surface area contributed by atoms with Crippen molar-refractivity contribution >= 4 is 23.5 Å². The van der Waals surface area contributed by atoms with Crippen LogP contribution in [-0.4, -0.2) is 17.8 Å². The van der Waals surface area contributed by atoms with Gasteiger partial charge in [0.15, 0.2) is 0 Å². The number of hydrogen-bond donors (Lipinski definition) is 0. The Morgan fingerprint density at radius 3 is 1.83 bits per heavy atom. The SMILES string of the molecule is CCCCCC(=O)Oc1cccc(N2C(=O)[C@H]3C4c5ccccc5C(c5ccccc54)[C@@H]3C2=O)c1. The molecule has 0 radical (unpaired) electrons. The van der Waals surface area contributed by atoms with Crippen molar-refractivity contribution < 1.29 is 19.1 Å². The lowest BCUT2D eigenvalue weighted by Gasteiger charge is -2.45. The number of hydrogen-bond acceptors (Lipinski definition) is 4. The molecule has 3 aromatic carbocycles. The van der Waals surface area contributed by atoms with Gasteiger partial charge in [0, 0.05) is 24.3 Å². The van der Waals surface area contributed by atoms with Gasteiger partial charge in [0.05, 0.1) is 17.5 Å². The third kappa shape index (κ3) is 3.33. The second kappa shape index (κ2) is 8.49. The molecule has 5 nitrogen and oxygen atoms in total. The van der Waals surface area contributed by atoms with E-state index in [2.05, 4.69) is 31.2 Å². The molecule has 3 aliphatic carbocycles. The van der Waals surface area contributed by atoms with Gasteiger partial charge in [-0.1, -0.05) is 74.4 Å². The van der Waals surface area contributed by atoms with E-state index in [0.717, 1.165) is 41.5 Å².